The van der Waals surface area contributed by atoms with E-state index in [0.29, 0.717) is 34.9 Å². The van der Waals surface area contributed by atoms with Gasteiger partial charge in [0.25, 0.3) is 5.91 Å². The number of nitrogens with zero attached hydrogens (tertiary/aromatic N) is 2. The van der Waals surface area contributed by atoms with Gasteiger partial charge in [-0.05, 0) is 67.3 Å². The first-order valence-electron chi connectivity index (χ1n) is 12.9. The zero-order chi connectivity index (χ0) is 25.9. The van der Waals surface area contributed by atoms with Gasteiger partial charge in [0, 0.05) is 37.9 Å². The Hall–Kier alpha value is -3.37. The van der Waals surface area contributed by atoms with Crippen LogP contribution in [0.25, 0.3) is 0 Å². The molecule has 1 aromatic heterocycles. The maximum atomic E-state index is 13.1. The monoisotopic (exact) mass is 506 g/mol. The fourth-order valence-electron chi connectivity index (χ4n) is 6.78. The Kier molecular flexibility index (Phi) is 5.76. The second-order valence-electron chi connectivity index (χ2n) is 10.9. The molecule has 196 valence electrons. The highest BCUT2D eigenvalue weighted by atomic mass is 16.5. The van der Waals surface area contributed by atoms with Crippen molar-refractivity contribution in [2.45, 2.75) is 43.3 Å². The lowest BCUT2D eigenvalue weighted by Gasteiger charge is -2.34. The molecule has 4 unspecified atom stereocenters. The van der Waals surface area contributed by atoms with E-state index in [1.54, 1.807) is 40.6 Å². The van der Waals surface area contributed by atoms with Crippen LogP contribution in [0.15, 0.2) is 30.5 Å². The van der Waals surface area contributed by atoms with Gasteiger partial charge in [0.05, 0.1) is 37.1 Å². The van der Waals surface area contributed by atoms with Gasteiger partial charge in [0.1, 0.15) is 5.75 Å². The number of hydrogen-bond acceptors (Lipinski definition) is 8. The van der Waals surface area contributed by atoms with E-state index >= 15 is 0 Å². The standard InChI is InChI=1S/C27H34N6O4/c1-33(2)25(34)15-10-22(24(37-4)28-13-15)29-23-17-7-5-14(9-21(17)31-32-23)19-12-27(19)18-11-16(36-3)6-8-20(18)30-26(27)35/h6,8,10-11,13-14,17,19,21,23,29,31-32H,5,7,9,12H2,1-4H3,(H,30,35)/t14?,17?,19-,21?,23?,27-/m0/s1. The zero-order valence-corrected chi connectivity index (χ0v) is 21.6. The fourth-order valence-corrected chi connectivity index (χ4v) is 6.78. The summed E-state index contributed by atoms with van der Waals surface area (Å²) in [7, 11) is 6.68. The minimum Gasteiger partial charge on any atom is -0.497 e. The van der Waals surface area contributed by atoms with E-state index in [1.165, 1.54) is 4.90 Å². The summed E-state index contributed by atoms with van der Waals surface area (Å²) in [4.78, 5) is 31.4. The lowest BCUT2D eigenvalue weighted by Crippen LogP contribution is -2.39. The molecule has 4 aliphatic rings. The third-order valence-electron chi connectivity index (χ3n) is 8.75. The fraction of sp³-hybridized carbons (Fsp3) is 0.519. The van der Waals surface area contributed by atoms with E-state index in [-0.39, 0.29) is 24.0 Å². The van der Waals surface area contributed by atoms with Crippen molar-refractivity contribution in [3.05, 3.63) is 41.6 Å². The Bertz CT molecular complexity index is 1250. The van der Waals surface area contributed by atoms with Crippen molar-refractivity contribution in [2.24, 2.45) is 17.8 Å². The number of pyridine rings is 1. The number of amides is 2. The van der Waals surface area contributed by atoms with E-state index in [2.05, 4.69) is 26.5 Å². The quantitative estimate of drug-likeness (QED) is 0.472. The number of hydrazine groups is 1. The van der Waals surface area contributed by atoms with E-state index < -0.39 is 5.41 Å². The smallest absolute Gasteiger partial charge is 0.254 e. The number of methoxy groups -OCH3 is 2. The van der Waals surface area contributed by atoms with E-state index in [4.69, 9.17) is 9.47 Å². The Balaban J connectivity index is 1.15. The number of nitrogens with one attached hydrogen (secondary N) is 4. The summed E-state index contributed by atoms with van der Waals surface area (Å²) in [5, 5.41) is 6.63. The van der Waals surface area contributed by atoms with Crippen molar-refractivity contribution in [1.82, 2.24) is 20.7 Å². The SMILES string of the molecule is COc1ccc2c(c1)[C@]1(C[C@H]1C1CCC3C(C1)NNC3Nc1cc(C(=O)N(C)C)cnc1OC)C(=O)N2. The average Bonchev–Trinajstić information content (AvgIpc) is 3.46. The van der Waals surface area contributed by atoms with Crippen LogP contribution in [0.5, 0.6) is 11.6 Å². The number of anilines is 2. The molecule has 1 spiro atoms. The van der Waals surface area contributed by atoms with Gasteiger partial charge in [-0.1, -0.05) is 0 Å². The minimum absolute atomic E-state index is 0.0284. The van der Waals surface area contributed by atoms with Crippen LogP contribution >= 0.6 is 0 Å². The second kappa shape index (κ2) is 8.88. The predicted molar refractivity (Wildman–Crippen MR) is 139 cm³/mol. The Morgan fingerprint density at radius 1 is 1.16 bits per heavy atom. The minimum atomic E-state index is -0.413. The highest BCUT2D eigenvalue weighted by Crippen LogP contribution is 2.65. The van der Waals surface area contributed by atoms with Gasteiger partial charge in [-0.3, -0.25) is 15.0 Å². The van der Waals surface area contributed by atoms with Crippen LogP contribution in [0, 0.1) is 17.8 Å². The summed E-state index contributed by atoms with van der Waals surface area (Å²) in [6, 6.07) is 7.97. The molecule has 3 heterocycles. The Morgan fingerprint density at radius 2 is 2.00 bits per heavy atom. The topological polar surface area (TPSA) is 117 Å². The van der Waals surface area contributed by atoms with Crippen LogP contribution in [-0.4, -0.2) is 62.2 Å². The van der Waals surface area contributed by atoms with Crippen LogP contribution in [0.1, 0.15) is 41.6 Å². The zero-order valence-electron chi connectivity index (χ0n) is 21.6. The Labute approximate surface area is 216 Å². The summed E-state index contributed by atoms with van der Waals surface area (Å²) in [5.74, 6) is 2.43. The molecule has 0 radical (unpaired) electrons. The van der Waals surface area contributed by atoms with Gasteiger partial charge >= 0.3 is 0 Å². The lowest BCUT2D eigenvalue weighted by atomic mass is 9.74. The molecule has 2 saturated carbocycles. The molecule has 0 bridgehead atoms. The molecule has 6 atom stereocenters. The van der Waals surface area contributed by atoms with E-state index in [1.807, 2.05) is 18.2 Å². The van der Waals surface area contributed by atoms with Crippen molar-refractivity contribution in [2.75, 3.05) is 38.9 Å². The third-order valence-corrected chi connectivity index (χ3v) is 8.75. The van der Waals surface area contributed by atoms with E-state index in [9.17, 15) is 9.59 Å². The average molecular weight is 507 g/mol. The van der Waals surface area contributed by atoms with Gasteiger partial charge in [0.2, 0.25) is 11.8 Å². The van der Waals surface area contributed by atoms with Crippen molar-refractivity contribution < 1.29 is 19.1 Å². The summed E-state index contributed by atoms with van der Waals surface area (Å²) in [6.45, 7) is 0. The van der Waals surface area contributed by atoms with Gasteiger partial charge < -0.3 is 25.0 Å². The molecular formula is C27H34N6O4. The normalized spacial score (nSPS) is 31.4. The first-order chi connectivity index (χ1) is 17.8. The number of aromatic nitrogens is 1. The third kappa shape index (κ3) is 3.81. The Morgan fingerprint density at radius 3 is 2.76 bits per heavy atom. The number of rotatable bonds is 6. The van der Waals surface area contributed by atoms with Crippen LogP contribution in [0.4, 0.5) is 11.4 Å². The molecule has 2 amide bonds. The number of ether oxygens (including phenoxy) is 2. The van der Waals surface area contributed by atoms with Gasteiger partial charge in [-0.15, -0.1) is 0 Å². The van der Waals surface area contributed by atoms with Crippen molar-refractivity contribution >= 4 is 23.2 Å². The molecule has 10 heteroatoms. The maximum absolute atomic E-state index is 13.1. The molecule has 2 aliphatic heterocycles. The molecular weight excluding hydrogens is 472 g/mol. The van der Waals surface area contributed by atoms with Crippen LogP contribution in [0.3, 0.4) is 0 Å². The number of hydrogen-bond donors (Lipinski definition) is 4. The first kappa shape index (κ1) is 24.0. The molecule has 2 aromatic rings. The second-order valence-corrected chi connectivity index (χ2v) is 10.9. The van der Waals surface area contributed by atoms with Crippen LogP contribution < -0.4 is 31.0 Å². The van der Waals surface area contributed by atoms with Crippen molar-refractivity contribution in [3.63, 3.8) is 0 Å². The molecule has 2 aliphatic carbocycles. The maximum Gasteiger partial charge on any atom is 0.254 e. The van der Waals surface area contributed by atoms with Gasteiger partial charge in [-0.2, -0.15) is 0 Å². The number of benzene rings is 1. The highest BCUT2D eigenvalue weighted by molar-refractivity contribution is 6.09. The van der Waals surface area contributed by atoms with Gasteiger partial charge in [-0.25, -0.2) is 10.4 Å². The first-order valence-corrected chi connectivity index (χ1v) is 12.9. The molecule has 10 nitrogen and oxygen atoms in total. The number of carbonyl (C=O) groups is 2. The molecule has 4 N–H and O–H groups in total. The van der Waals surface area contributed by atoms with Crippen LogP contribution in [-0.2, 0) is 10.2 Å². The molecule has 1 saturated heterocycles. The largest absolute Gasteiger partial charge is 0.497 e. The van der Waals surface area contributed by atoms with Gasteiger partial charge in [0.15, 0.2) is 0 Å². The summed E-state index contributed by atoms with van der Waals surface area (Å²) < 4.78 is 10.9. The number of fused-ring (bicyclic) bond motifs is 3. The molecule has 3 fully saturated rings. The molecule has 37 heavy (non-hydrogen) atoms. The van der Waals surface area contributed by atoms with Crippen LogP contribution in [0.2, 0.25) is 0 Å². The van der Waals surface area contributed by atoms with Crippen molar-refractivity contribution in [3.8, 4) is 11.6 Å². The van der Waals surface area contributed by atoms with E-state index in [0.717, 1.165) is 42.7 Å². The van der Waals surface area contributed by atoms with Crippen molar-refractivity contribution in [1.29, 1.82) is 0 Å². The predicted octanol–water partition coefficient (Wildman–Crippen LogP) is 2.34. The molecule has 6 rings (SSSR count). The molecule has 1 aromatic carbocycles. The lowest BCUT2D eigenvalue weighted by molar-refractivity contribution is -0.118. The highest BCUT2D eigenvalue weighted by Gasteiger charge is 2.67. The number of carbonyl (C=O) groups excluding carboxylic acids is 2. The summed E-state index contributed by atoms with van der Waals surface area (Å²) >= 11 is 0. The summed E-state index contributed by atoms with van der Waals surface area (Å²) in [6.07, 6.45) is 5.50. The summed E-state index contributed by atoms with van der Waals surface area (Å²) in [5.41, 5.74) is 9.70.